The van der Waals surface area contributed by atoms with E-state index in [1.165, 1.54) is 0 Å². The number of hydrogen-bond acceptors (Lipinski definition) is 3. The van der Waals surface area contributed by atoms with Crippen LogP contribution in [0, 0.1) is 11.8 Å². The van der Waals surface area contributed by atoms with Crippen molar-refractivity contribution in [3.05, 3.63) is 35.4 Å². The fraction of sp³-hybridized carbons (Fsp3) is 0.250. The summed E-state index contributed by atoms with van der Waals surface area (Å²) in [6, 6.07) is 6.90. The van der Waals surface area contributed by atoms with Crippen molar-refractivity contribution in [3.8, 4) is 11.8 Å². The molecule has 0 unspecified atom stereocenters. The molecule has 1 aromatic rings. The quantitative estimate of drug-likeness (QED) is 0.581. The Morgan fingerprint density at radius 3 is 2.87 bits per heavy atom. The maximum atomic E-state index is 11.5. The third-order valence-electron chi connectivity index (χ3n) is 1.72. The second-order valence-corrected chi connectivity index (χ2v) is 2.73. The van der Waals surface area contributed by atoms with Crippen LogP contribution in [0.1, 0.15) is 22.8 Å². The average Bonchev–Trinajstić information content (AvgIpc) is 2.27. The third-order valence-corrected chi connectivity index (χ3v) is 1.72. The lowest BCUT2D eigenvalue weighted by molar-refractivity contribution is 0.0526. The van der Waals surface area contributed by atoms with E-state index < -0.39 is 0 Å². The highest BCUT2D eigenvalue weighted by molar-refractivity contribution is 5.92. The summed E-state index contributed by atoms with van der Waals surface area (Å²) in [5, 5.41) is 8.57. The molecule has 0 saturated carbocycles. The summed E-state index contributed by atoms with van der Waals surface area (Å²) in [5.74, 6) is 4.81. The van der Waals surface area contributed by atoms with Crippen molar-refractivity contribution < 1.29 is 14.6 Å². The molecule has 1 rings (SSSR count). The van der Waals surface area contributed by atoms with Crippen molar-refractivity contribution in [1.29, 1.82) is 0 Å². The average molecular weight is 204 g/mol. The standard InChI is InChI=1S/C12H12O3/c1-2-15-12(14)11-8-4-3-6-10(11)7-5-9-13/h3-4,6,8,13H,2,9H2,1H3. The zero-order valence-corrected chi connectivity index (χ0v) is 8.49. The number of esters is 1. The highest BCUT2D eigenvalue weighted by Crippen LogP contribution is 2.08. The normalized spacial score (nSPS) is 8.93. The largest absolute Gasteiger partial charge is 0.462 e. The smallest absolute Gasteiger partial charge is 0.339 e. The van der Waals surface area contributed by atoms with Gasteiger partial charge in [0.15, 0.2) is 0 Å². The topological polar surface area (TPSA) is 46.5 Å². The van der Waals surface area contributed by atoms with Gasteiger partial charge in [-0.1, -0.05) is 24.0 Å². The monoisotopic (exact) mass is 204 g/mol. The van der Waals surface area contributed by atoms with E-state index in [1.807, 2.05) is 0 Å². The van der Waals surface area contributed by atoms with Gasteiger partial charge in [-0.05, 0) is 19.1 Å². The van der Waals surface area contributed by atoms with Gasteiger partial charge in [-0.3, -0.25) is 0 Å². The summed E-state index contributed by atoms with van der Waals surface area (Å²) in [4.78, 5) is 11.5. The van der Waals surface area contributed by atoms with Crippen LogP contribution in [0.3, 0.4) is 0 Å². The Bertz CT molecular complexity index is 399. The molecule has 3 heteroatoms. The number of carbonyl (C=O) groups is 1. The van der Waals surface area contributed by atoms with Gasteiger partial charge in [0.1, 0.15) is 6.61 Å². The Morgan fingerprint density at radius 2 is 2.20 bits per heavy atom. The van der Waals surface area contributed by atoms with E-state index in [4.69, 9.17) is 9.84 Å². The molecule has 0 spiro atoms. The second kappa shape index (κ2) is 5.84. The van der Waals surface area contributed by atoms with Crippen molar-refractivity contribution in [2.45, 2.75) is 6.92 Å². The first-order valence-electron chi connectivity index (χ1n) is 4.65. The highest BCUT2D eigenvalue weighted by atomic mass is 16.5. The van der Waals surface area contributed by atoms with E-state index in [0.717, 1.165) is 0 Å². The number of hydrogen-bond donors (Lipinski definition) is 1. The molecule has 0 amide bonds. The molecule has 0 heterocycles. The number of carbonyl (C=O) groups excluding carboxylic acids is 1. The lowest BCUT2D eigenvalue weighted by Crippen LogP contribution is -2.06. The van der Waals surface area contributed by atoms with Crippen LogP contribution in [0.4, 0.5) is 0 Å². The summed E-state index contributed by atoms with van der Waals surface area (Å²) in [7, 11) is 0. The molecule has 0 fully saturated rings. The summed E-state index contributed by atoms with van der Waals surface area (Å²) in [5.41, 5.74) is 1.00. The van der Waals surface area contributed by atoms with Gasteiger partial charge in [-0.2, -0.15) is 0 Å². The molecule has 0 aliphatic heterocycles. The maximum Gasteiger partial charge on any atom is 0.339 e. The molecule has 15 heavy (non-hydrogen) atoms. The van der Waals surface area contributed by atoms with Crippen LogP contribution in [0.5, 0.6) is 0 Å². The third kappa shape index (κ3) is 3.12. The molecule has 3 nitrogen and oxygen atoms in total. The molecule has 78 valence electrons. The summed E-state index contributed by atoms with van der Waals surface area (Å²) in [6.45, 7) is 1.86. The summed E-state index contributed by atoms with van der Waals surface area (Å²) >= 11 is 0. The molecule has 0 aliphatic rings. The van der Waals surface area contributed by atoms with Crippen LogP contribution in [0.15, 0.2) is 24.3 Å². The molecule has 0 bridgehead atoms. The second-order valence-electron chi connectivity index (χ2n) is 2.73. The summed E-state index contributed by atoms with van der Waals surface area (Å²) in [6.07, 6.45) is 0. The van der Waals surface area contributed by atoms with Crippen LogP contribution >= 0.6 is 0 Å². The first-order chi connectivity index (χ1) is 7.29. The predicted molar refractivity (Wildman–Crippen MR) is 56.4 cm³/mol. The molecular formula is C12H12O3. The number of aliphatic hydroxyl groups excluding tert-OH is 1. The SMILES string of the molecule is CCOC(=O)c1ccccc1C#CCO. The first kappa shape index (κ1) is 11.3. The number of benzene rings is 1. The zero-order chi connectivity index (χ0) is 11.1. The van der Waals surface area contributed by atoms with Crippen LogP contribution < -0.4 is 0 Å². The lowest BCUT2D eigenvalue weighted by atomic mass is 10.1. The molecule has 0 radical (unpaired) electrons. The highest BCUT2D eigenvalue weighted by Gasteiger charge is 2.09. The Kier molecular flexibility index (Phi) is 4.39. The lowest BCUT2D eigenvalue weighted by Gasteiger charge is -2.03. The van der Waals surface area contributed by atoms with Crippen LogP contribution in [-0.2, 0) is 4.74 Å². The van der Waals surface area contributed by atoms with E-state index in [9.17, 15) is 4.79 Å². The van der Waals surface area contributed by atoms with Gasteiger partial charge in [0.2, 0.25) is 0 Å². The van der Waals surface area contributed by atoms with Gasteiger partial charge in [0, 0.05) is 5.56 Å². The van der Waals surface area contributed by atoms with Gasteiger partial charge in [-0.25, -0.2) is 4.79 Å². The van der Waals surface area contributed by atoms with Crippen molar-refractivity contribution >= 4 is 5.97 Å². The van der Waals surface area contributed by atoms with Crippen LogP contribution in [0.25, 0.3) is 0 Å². The van der Waals surface area contributed by atoms with Crippen molar-refractivity contribution in [3.63, 3.8) is 0 Å². The predicted octanol–water partition coefficient (Wildman–Crippen LogP) is 1.21. The van der Waals surface area contributed by atoms with E-state index in [1.54, 1.807) is 31.2 Å². The molecular weight excluding hydrogens is 192 g/mol. The molecule has 1 N–H and O–H groups in total. The van der Waals surface area contributed by atoms with Crippen molar-refractivity contribution in [1.82, 2.24) is 0 Å². The van der Waals surface area contributed by atoms with E-state index >= 15 is 0 Å². The molecule has 0 aromatic heterocycles. The van der Waals surface area contributed by atoms with Crippen LogP contribution in [0.2, 0.25) is 0 Å². The Morgan fingerprint density at radius 1 is 1.47 bits per heavy atom. The van der Waals surface area contributed by atoms with Crippen molar-refractivity contribution in [2.75, 3.05) is 13.2 Å². The molecule has 0 aliphatic carbocycles. The zero-order valence-electron chi connectivity index (χ0n) is 8.49. The number of aliphatic hydroxyl groups is 1. The van der Waals surface area contributed by atoms with Crippen LogP contribution in [-0.4, -0.2) is 24.3 Å². The minimum atomic E-state index is -0.389. The van der Waals surface area contributed by atoms with Gasteiger partial charge in [-0.15, -0.1) is 0 Å². The van der Waals surface area contributed by atoms with Gasteiger partial charge in [0.05, 0.1) is 12.2 Å². The minimum absolute atomic E-state index is 0.225. The van der Waals surface area contributed by atoms with Gasteiger partial charge >= 0.3 is 5.97 Å². The molecule has 1 aromatic carbocycles. The number of rotatable bonds is 2. The van der Waals surface area contributed by atoms with Gasteiger partial charge < -0.3 is 9.84 Å². The van der Waals surface area contributed by atoms with E-state index in [-0.39, 0.29) is 12.6 Å². The summed E-state index contributed by atoms with van der Waals surface area (Å²) < 4.78 is 4.88. The molecule has 0 saturated heterocycles. The van der Waals surface area contributed by atoms with E-state index in [0.29, 0.717) is 17.7 Å². The number of ether oxygens (including phenoxy) is 1. The Balaban J connectivity index is 3.00. The Labute approximate surface area is 88.7 Å². The van der Waals surface area contributed by atoms with E-state index in [2.05, 4.69) is 11.8 Å². The minimum Gasteiger partial charge on any atom is -0.462 e. The Hall–Kier alpha value is -1.79. The molecule has 0 atom stereocenters. The van der Waals surface area contributed by atoms with Crippen molar-refractivity contribution in [2.24, 2.45) is 0 Å². The van der Waals surface area contributed by atoms with Gasteiger partial charge in [0.25, 0.3) is 0 Å². The fourth-order valence-corrected chi connectivity index (χ4v) is 1.11. The fourth-order valence-electron chi connectivity index (χ4n) is 1.11. The maximum absolute atomic E-state index is 11.5. The first-order valence-corrected chi connectivity index (χ1v) is 4.65.